The third-order valence-electron chi connectivity index (χ3n) is 10.5. The van der Waals surface area contributed by atoms with Crippen molar-refractivity contribution in [3.05, 3.63) is 52.6 Å². The van der Waals surface area contributed by atoms with Gasteiger partial charge in [0.05, 0.1) is 26.9 Å². The molecule has 6 atom stereocenters. The van der Waals surface area contributed by atoms with Crippen LogP contribution in [0, 0.1) is 11.8 Å². The number of aromatic hydroxyl groups is 3. The van der Waals surface area contributed by atoms with Gasteiger partial charge in [0.15, 0.2) is 17.6 Å². The second-order valence-electron chi connectivity index (χ2n) is 14.3. The Labute approximate surface area is 307 Å². The Kier molecular flexibility index (Phi) is 12.0. The van der Waals surface area contributed by atoms with E-state index in [2.05, 4.69) is 20.8 Å². The average molecular weight is 743 g/mol. The van der Waals surface area contributed by atoms with Crippen molar-refractivity contribution < 1.29 is 49.6 Å². The van der Waals surface area contributed by atoms with E-state index in [9.17, 15) is 30.6 Å². The fourth-order valence-corrected chi connectivity index (χ4v) is 10.4. The molecule has 0 fully saturated rings. The lowest BCUT2D eigenvalue weighted by Crippen LogP contribution is -2.38. The first kappa shape index (κ1) is 37.6. The zero-order valence-electron chi connectivity index (χ0n) is 29.6. The second kappa shape index (κ2) is 16.2. The average Bonchev–Trinajstić information content (AvgIpc) is 3.11. The lowest BCUT2D eigenvalue weighted by molar-refractivity contribution is 0.00260. The number of rotatable bonds is 10. The third-order valence-corrected chi connectivity index (χ3v) is 12.9. The predicted octanol–water partition coefficient (Wildman–Crippen LogP) is 7.23. The van der Waals surface area contributed by atoms with Crippen LogP contribution in [-0.2, 0) is 0 Å². The highest BCUT2D eigenvalue weighted by Crippen LogP contribution is 2.60. The number of ether oxygens (including phenoxy) is 4. The van der Waals surface area contributed by atoms with Gasteiger partial charge < -0.3 is 49.6 Å². The van der Waals surface area contributed by atoms with Gasteiger partial charge >= 0.3 is 0 Å². The van der Waals surface area contributed by atoms with Crippen LogP contribution >= 0.6 is 21.6 Å². The van der Waals surface area contributed by atoms with Crippen LogP contribution in [0.15, 0.2) is 30.3 Å². The van der Waals surface area contributed by atoms with Crippen LogP contribution in [0.3, 0.4) is 0 Å². The van der Waals surface area contributed by atoms with Gasteiger partial charge in [-0.1, -0.05) is 54.8 Å². The molecule has 2 bridgehead atoms. The van der Waals surface area contributed by atoms with Crippen molar-refractivity contribution in [2.45, 2.75) is 76.4 Å². The highest BCUT2D eigenvalue weighted by Gasteiger charge is 2.47. The molecule has 10 nitrogen and oxygen atoms in total. The number of methoxy groups -OCH3 is 1. The van der Waals surface area contributed by atoms with Crippen LogP contribution in [0.25, 0.3) is 11.1 Å². The lowest BCUT2D eigenvalue weighted by atomic mass is 9.66. The third kappa shape index (κ3) is 7.40. The summed E-state index contributed by atoms with van der Waals surface area (Å²) in [7, 11) is 4.78. The summed E-state index contributed by atoms with van der Waals surface area (Å²) in [5.41, 5.74) is 4.35. The summed E-state index contributed by atoms with van der Waals surface area (Å²) in [6.45, 7) is 6.32. The number of fused-ring (bicyclic) bond motifs is 4. The molecule has 51 heavy (non-hydrogen) atoms. The molecule has 0 saturated heterocycles. The molecule has 0 spiro atoms. The van der Waals surface area contributed by atoms with Crippen LogP contribution in [0.4, 0.5) is 0 Å². The monoisotopic (exact) mass is 742 g/mol. The Morgan fingerprint density at radius 1 is 0.882 bits per heavy atom. The molecule has 2 heterocycles. The predicted molar refractivity (Wildman–Crippen MR) is 200 cm³/mol. The maximum absolute atomic E-state index is 12.4. The lowest BCUT2D eigenvalue weighted by Gasteiger charge is -2.43. The molecule has 2 aliphatic heterocycles. The van der Waals surface area contributed by atoms with Gasteiger partial charge in [-0.25, -0.2) is 0 Å². The zero-order chi connectivity index (χ0) is 36.4. The number of hydrogen-bond acceptors (Lipinski definition) is 12. The van der Waals surface area contributed by atoms with E-state index in [1.54, 1.807) is 39.8 Å². The molecule has 1 aliphatic carbocycles. The summed E-state index contributed by atoms with van der Waals surface area (Å²) in [4.78, 5) is 0. The van der Waals surface area contributed by atoms with Gasteiger partial charge in [0.25, 0.3) is 0 Å². The highest BCUT2D eigenvalue weighted by atomic mass is 33.1. The SMILES string of the molecule is COc1c(O)c(OCCC(C)C)cc(C2Oc3cc(OCCO)c4c5c3C(CSSCCC(C)CCC(c3cc(O)ccc3-4)C5CO)C2O)c1O. The molecule has 12 heteroatoms. The van der Waals surface area contributed by atoms with E-state index < -0.39 is 24.0 Å². The summed E-state index contributed by atoms with van der Waals surface area (Å²) in [5.74, 6) is 1.47. The minimum atomic E-state index is -1.16. The van der Waals surface area contributed by atoms with E-state index in [0.29, 0.717) is 35.7 Å². The molecule has 3 aromatic carbocycles. The quantitative estimate of drug-likeness (QED) is 0.116. The van der Waals surface area contributed by atoms with Crippen molar-refractivity contribution in [1.82, 2.24) is 0 Å². The Balaban J connectivity index is 1.58. The number of aliphatic hydroxyl groups excluding tert-OH is 3. The molecule has 278 valence electrons. The number of benzene rings is 3. The maximum Gasteiger partial charge on any atom is 0.207 e. The van der Waals surface area contributed by atoms with E-state index in [4.69, 9.17) is 18.9 Å². The van der Waals surface area contributed by atoms with Crippen LogP contribution in [0.1, 0.15) is 92.6 Å². The van der Waals surface area contributed by atoms with Crippen LogP contribution in [0.5, 0.6) is 40.2 Å². The van der Waals surface area contributed by atoms with Crippen LogP contribution < -0.4 is 18.9 Å². The van der Waals surface area contributed by atoms with E-state index in [-0.39, 0.29) is 60.0 Å². The molecule has 6 unspecified atom stereocenters. The topological polar surface area (TPSA) is 158 Å². The van der Waals surface area contributed by atoms with Crippen molar-refractivity contribution in [1.29, 1.82) is 0 Å². The largest absolute Gasteiger partial charge is 0.508 e. The first-order valence-electron chi connectivity index (χ1n) is 17.8. The van der Waals surface area contributed by atoms with Crippen LogP contribution in [-0.4, -0.2) is 81.8 Å². The molecule has 3 aliphatic rings. The zero-order valence-corrected chi connectivity index (χ0v) is 31.3. The standard InChI is InChI=1S/C39H50O10S2/c1-20(2)9-12-47-31-16-26(35(43)39(46-4)37(31)45)38-36(44)28-19-51-50-14-10-21(3)5-7-23-25-15-22(42)6-8-24(25)32-29(48-13-11-40)17-30(49-38)33(28)34(32)27(23)18-41/h6,8,15-17,20-21,23,27-28,36,38,40-45H,5,7,9-14,18-19H2,1-4H3. The van der Waals surface area contributed by atoms with Crippen molar-refractivity contribution in [3.8, 4) is 51.4 Å². The normalized spacial score (nSPS) is 24.4. The number of aliphatic hydroxyl groups is 3. The Morgan fingerprint density at radius 2 is 1.67 bits per heavy atom. The summed E-state index contributed by atoms with van der Waals surface area (Å²) < 4.78 is 24.3. The number of hydrogen-bond donors (Lipinski definition) is 6. The van der Waals surface area contributed by atoms with E-state index in [0.717, 1.165) is 59.3 Å². The van der Waals surface area contributed by atoms with E-state index in [1.165, 1.54) is 13.2 Å². The van der Waals surface area contributed by atoms with Crippen LogP contribution in [0.2, 0.25) is 0 Å². The molecular formula is C39H50O10S2. The first-order chi connectivity index (χ1) is 24.6. The van der Waals surface area contributed by atoms with E-state index in [1.807, 2.05) is 6.07 Å². The van der Waals surface area contributed by atoms with Crippen molar-refractivity contribution >= 4 is 21.6 Å². The Hall–Kier alpha value is -3.16. The number of phenols is 3. The highest BCUT2D eigenvalue weighted by molar-refractivity contribution is 8.76. The van der Waals surface area contributed by atoms with Gasteiger partial charge in [-0.2, -0.15) is 0 Å². The molecule has 6 rings (SSSR count). The molecule has 0 saturated carbocycles. The van der Waals surface area contributed by atoms with Gasteiger partial charge in [-0.05, 0) is 71.9 Å². The Morgan fingerprint density at radius 3 is 2.39 bits per heavy atom. The van der Waals surface area contributed by atoms with Gasteiger partial charge in [-0.3, -0.25) is 0 Å². The molecule has 0 aromatic heterocycles. The van der Waals surface area contributed by atoms with Gasteiger partial charge in [0.2, 0.25) is 11.5 Å². The number of phenolic OH excluding ortho intramolecular Hbond substituents is 3. The second-order valence-corrected chi connectivity index (χ2v) is 16.9. The fraction of sp³-hybridized carbons (Fsp3) is 0.538. The molecule has 0 radical (unpaired) electrons. The fourth-order valence-electron chi connectivity index (χ4n) is 7.77. The summed E-state index contributed by atoms with van der Waals surface area (Å²) in [5, 5.41) is 66.6. The van der Waals surface area contributed by atoms with Gasteiger partial charge in [-0.15, -0.1) is 0 Å². The minimum Gasteiger partial charge on any atom is -0.508 e. The smallest absolute Gasteiger partial charge is 0.207 e. The van der Waals surface area contributed by atoms with Gasteiger partial charge in [0.1, 0.15) is 30.0 Å². The van der Waals surface area contributed by atoms with Crippen molar-refractivity contribution in [3.63, 3.8) is 0 Å². The summed E-state index contributed by atoms with van der Waals surface area (Å²) in [6, 6.07) is 8.60. The molecule has 6 N–H and O–H groups in total. The summed E-state index contributed by atoms with van der Waals surface area (Å²) >= 11 is 0. The Bertz CT molecular complexity index is 1700. The molecular weight excluding hydrogens is 693 g/mol. The van der Waals surface area contributed by atoms with Gasteiger partial charge in [0, 0.05) is 46.1 Å². The first-order valence-corrected chi connectivity index (χ1v) is 20.3. The maximum atomic E-state index is 12.4. The van der Waals surface area contributed by atoms with Crippen molar-refractivity contribution in [2.75, 3.05) is 45.0 Å². The van der Waals surface area contributed by atoms with E-state index >= 15 is 0 Å². The molecule has 0 amide bonds. The minimum absolute atomic E-state index is 0.0123. The van der Waals surface area contributed by atoms with Crippen molar-refractivity contribution in [2.24, 2.45) is 11.8 Å². The summed E-state index contributed by atoms with van der Waals surface area (Å²) in [6.07, 6.45) is 1.23. The molecule has 3 aromatic rings.